The van der Waals surface area contributed by atoms with Crippen molar-refractivity contribution in [2.75, 3.05) is 32.8 Å². The van der Waals surface area contributed by atoms with Gasteiger partial charge in [0.05, 0.1) is 18.3 Å². The average molecular weight is 338 g/mol. The normalized spacial score (nSPS) is 19.3. The van der Waals surface area contributed by atoms with Crippen molar-refractivity contribution in [2.45, 2.75) is 52.6 Å². The van der Waals surface area contributed by atoms with Crippen LogP contribution in [0.5, 0.6) is 0 Å². The largest absolute Gasteiger partial charge is 0.395 e. The zero-order valence-corrected chi connectivity index (χ0v) is 15.4. The molecule has 7 nitrogen and oxygen atoms in total. The third-order valence-electron chi connectivity index (χ3n) is 4.87. The molecule has 2 heterocycles. The molecule has 1 atom stereocenters. The highest BCUT2D eigenvalue weighted by atomic mass is 16.5. The number of aliphatic hydroxyl groups is 1. The fourth-order valence-electron chi connectivity index (χ4n) is 3.50. The predicted molar refractivity (Wildman–Crippen MR) is 91.9 cm³/mol. The Kier molecular flexibility index (Phi) is 5.87. The summed E-state index contributed by atoms with van der Waals surface area (Å²) in [6.07, 6.45) is 0.780. The smallest absolute Gasteiger partial charge is 0.317 e. The molecule has 136 valence electrons. The summed E-state index contributed by atoms with van der Waals surface area (Å²) in [6, 6.07) is -0.152. The molecule has 1 aliphatic heterocycles. The number of aryl methyl sites for hydroxylation is 2. The molecule has 0 aromatic carbocycles. The molecule has 0 radical (unpaired) electrons. The third kappa shape index (κ3) is 3.89. The van der Waals surface area contributed by atoms with E-state index >= 15 is 0 Å². The topological polar surface area (TPSA) is 81.8 Å². The van der Waals surface area contributed by atoms with Crippen molar-refractivity contribution >= 4 is 6.03 Å². The van der Waals surface area contributed by atoms with Crippen LogP contribution in [0.1, 0.15) is 50.3 Å². The van der Waals surface area contributed by atoms with Gasteiger partial charge in [-0.1, -0.05) is 12.1 Å². The SMILES string of the molecule is CCC(NC(=O)N1CCN(CCO)C(C)(C)C1)c1c(C)noc1C. The van der Waals surface area contributed by atoms with Gasteiger partial charge in [-0.3, -0.25) is 4.90 Å². The minimum atomic E-state index is -0.150. The van der Waals surface area contributed by atoms with Gasteiger partial charge in [0.1, 0.15) is 5.76 Å². The van der Waals surface area contributed by atoms with Crippen LogP contribution in [0.15, 0.2) is 4.52 Å². The Bertz CT molecular complexity index is 551. The van der Waals surface area contributed by atoms with Crippen LogP contribution in [0.2, 0.25) is 0 Å². The van der Waals surface area contributed by atoms with Crippen LogP contribution >= 0.6 is 0 Å². The molecule has 2 amide bonds. The maximum atomic E-state index is 12.7. The van der Waals surface area contributed by atoms with Crippen LogP contribution in [0.4, 0.5) is 4.79 Å². The highest BCUT2D eigenvalue weighted by molar-refractivity contribution is 5.75. The van der Waals surface area contributed by atoms with Gasteiger partial charge < -0.3 is 19.8 Å². The summed E-state index contributed by atoms with van der Waals surface area (Å²) >= 11 is 0. The number of nitrogens with one attached hydrogen (secondary N) is 1. The lowest BCUT2D eigenvalue weighted by Gasteiger charge is -2.47. The van der Waals surface area contributed by atoms with Gasteiger partial charge in [0.2, 0.25) is 0 Å². The summed E-state index contributed by atoms with van der Waals surface area (Å²) in [5, 5.41) is 16.3. The molecule has 0 saturated carbocycles. The van der Waals surface area contributed by atoms with E-state index in [9.17, 15) is 9.90 Å². The second kappa shape index (κ2) is 7.53. The lowest BCUT2D eigenvalue weighted by Crippen LogP contribution is -2.62. The molecule has 0 bridgehead atoms. The second-order valence-corrected chi connectivity index (χ2v) is 7.09. The zero-order chi connectivity index (χ0) is 17.9. The van der Waals surface area contributed by atoms with Crippen LogP contribution < -0.4 is 5.32 Å². The summed E-state index contributed by atoms with van der Waals surface area (Å²) in [4.78, 5) is 16.8. The lowest BCUT2D eigenvalue weighted by molar-refractivity contribution is 0.0238. The quantitative estimate of drug-likeness (QED) is 0.856. The minimum Gasteiger partial charge on any atom is -0.395 e. The fourth-order valence-corrected chi connectivity index (χ4v) is 3.50. The number of hydrogen-bond donors (Lipinski definition) is 2. The van der Waals surface area contributed by atoms with Crippen LogP contribution in [0, 0.1) is 13.8 Å². The van der Waals surface area contributed by atoms with Crippen molar-refractivity contribution in [3.63, 3.8) is 0 Å². The van der Waals surface area contributed by atoms with Crippen molar-refractivity contribution in [3.8, 4) is 0 Å². The van der Waals surface area contributed by atoms with Crippen molar-refractivity contribution in [2.24, 2.45) is 0 Å². The molecular weight excluding hydrogens is 308 g/mol. The van der Waals surface area contributed by atoms with Crippen molar-refractivity contribution < 1.29 is 14.4 Å². The van der Waals surface area contributed by atoms with Gasteiger partial charge >= 0.3 is 6.03 Å². The van der Waals surface area contributed by atoms with E-state index < -0.39 is 0 Å². The number of amides is 2. The van der Waals surface area contributed by atoms with E-state index in [1.165, 1.54) is 0 Å². The number of aromatic nitrogens is 1. The number of nitrogens with zero attached hydrogens (tertiary/aromatic N) is 3. The molecule has 1 unspecified atom stereocenters. The number of piperazine rings is 1. The summed E-state index contributed by atoms with van der Waals surface area (Å²) in [6.45, 7) is 12.9. The Balaban J connectivity index is 2.04. The third-order valence-corrected chi connectivity index (χ3v) is 4.87. The van der Waals surface area contributed by atoms with Gasteiger partial charge in [0.15, 0.2) is 0 Å². The molecule has 1 aliphatic rings. The van der Waals surface area contributed by atoms with Crippen molar-refractivity contribution in [1.29, 1.82) is 0 Å². The first-order chi connectivity index (χ1) is 11.3. The maximum Gasteiger partial charge on any atom is 0.317 e. The van der Waals surface area contributed by atoms with E-state index in [1.807, 2.05) is 25.7 Å². The Hall–Kier alpha value is -1.60. The molecule has 1 aromatic rings. The van der Waals surface area contributed by atoms with E-state index in [-0.39, 0.29) is 24.2 Å². The van der Waals surface area contributed by atoms with Gasteiger partial charge in [-0.2, -0.15) is 0 Å². The first-order valence-corrected chi connectivity index (χ1v) is 8.64. The number of urea groups is 1. The number of carbonyl (C=O) groups is 1. The van der Waals surface area contributed by atoms with Crippen LogP contribution in [-0.4, -0.2) is 64.4 Å². The van der Waals surface area contributed by atoms with E-state index in [2.05, 4.69) is 29.2 Å². The minimum absolute atomic E-state index is 0.0569. The molecule has 2 rings (SSSR count). The number of hydrogen-bond acceptors (Lipinski definition) is 5. The maximum absolute atomic E-state index is 12.7. The van der Waals surface area contributed by atoms with Crippen LogP contribution in [0.25, 0.3) is 0 Å². The van der Waals surface area contributed by atoms with Gasteiger partial charge in [0, 0.05) is 37.3 Å². The standard InChI is InChI=1S/C17H30N4O3/c1-6-14(15-12(2)19-24-13(15)3)18-16(23)20-7-8-21(9-10-22)17(4,5)11-20/h14,22H,6-11H2,1-5H3,(H,18,23). The molecule has 0 aliphatic carbocycles. The predicted octanol–water partition coefficient (Wildman–Crippen LogP) is 1.84. The molecule has 24 heavy (non-hydrogen) atoms. The second-order valence-electron chi connectivity index (χ2n) is 7.09. The molecule has 1 fully saturated rings. The van der Waals surface area contributed by atoms with E-state index in [1.54, 1.807) is 0 Å². The monoisotopic (exact) mass is 338 g/mol. The van der Waals surface area contributed by atoms with E-state index in [0.717, 1.165) is 30.0 Å². The average Bonchev–Trinajstić information content (AvgIpc) is 2.85. The number of β-amino-alcohol motifs (C(OH)–C–C–N with tert-alkyl or cyclic N) is 1. The van der Waals surface area contributed by atoms with Crippen molar-refractivity contribution in [3.05, 3.63) is 17.0 Å². The van der Waals surface area contributed by atoms with Gasteiger partial charge in [-0.15, -0.1) is 0 Å². The summed E-state index contributed by atoms with van der Waals surface area (Å²) in [7, 11) is 0. The van der Waals surface area contributed by atoms with Gasteiger partial charge in [-0.05, 0) is 34.1 Å². The summed E-state index contributed by atoms with van der Waals surface area (Å²) in [5.41, 5.74) is 1.65. The molecule has 0 spiro atoms. The highest BCUT2D eigenvalue weighted by Gasteiger charge is 2.35. The Labute approximate surface area is 144 Å². The molecule has 7 heteroatoms. The first kappa shape index (κ1) is 18.7. The van der Waals surface area contributed by atoms with E-state index in [4.69, 9.17) is 4.52 Å². The van der Waals surface area contributed by atoms with Gasteiger partial charge in [0.25, 0.3) is 0 Å². The number of carbonyl (C=O) groups excluding carboxylic acids is 1. The number of aliphatic hydroxyl groups excluding tert-OH is 1. The van der Waals surface area contributed by atoms with Crippen molar-refractivity contribution in [1.82, 2.24) is 20.3 Å². The zero-order valence-electron chi connectivity index (χ0n) is 15.4. The molecule has 1 saturated heterocycles. The first-order valence-electron chi connectivity index (χ1n) is 8.64. The fraction of sp³-hybridized carbons (Fsp3) is 0.765. The van der Waals surface area contributed by atoms with E-state index in [0.29, 0.717) is 19.6 Å². The number of rotatable bonds is 5. The Morgan fingerprint density at radius 1 is 1.42 bits per heavy atom. The summed E-state index contributed by atoms with van der Waals surface area (Å²) < 4.78 is 5.23. The van der Waals surface area contributed by atoms with Crippen LogP contribution in [-0.2, 0) is 0 Å². The molecule has 1 aromatic heterocycles. The van der Waals surface area contributed by atoms with Gasteiger partial charge in [-0.25, -0.2) is 4.79 Å². The Morgan fingerprint density at radius 3 is 2.62 bits per heavy atom. The highest BCUT2D eigenvalue weighted by Crippen LogP contribution is 2.25. The van der Waals surface area contributed by atoms with Crippen LogP contribution in [0.3, 0.4) is 0 Å². The lowest BCUT2D eigenvalue weighted by atomic mass is 9.99. The summed E-state index contributed by atoms with van der Waals surface area (Å²) in [5.74, 6) is 0.757. The molecule has 2 N–H and O–H groups in total. The Morgan fingerprint density at radius 2 is 2.12 bits per heavy atom. The molecular formula is C17H30N4O3.